The number of nitrogens with zero attached hydrogens (tertiary/aromatic N) is 2. The van der Waals surface area contributed by atoms with Gasteiger partial charge in [0, 0.05) is 35.5 Å². The number of pyridine rings is 1. The van der Waals surface area contributed by atoms with Gasteiger partial charge in [-0.05, 0) is 92.8 Å². The highest BCUT2D eigenvalue weighted by Gasteiger charge is 2.44. The van der Waals surface area contributed by atoms with E-state index in [1.165, 1.54) is 18.3 Å². The van der Waals surface area contributed by atoms with Gasteiger partial charge in [-0.15, -0.1) is 0 Å². The van der Waals surface area contributed by atoms with Crippen LogP contribution in [0.5, 0.6) is 0 Å². The third-order valence-corrected chi connectivity index (χ3v) is 9.18. The third kappa shape index (κ3) is 4.36. The van der Waals surface area contributed by atoms with Crippen molar-refractivity contribution in [1.29, 1.82) is 0 Å². The summed E-state index contributed by atoms with van der Waals surface area (Å²) in [5.74, 6) is -2.03. The second-order valence-corrected chi connectivity index (χ2v) is 12.0. The van der Waals surface area contributed by atoms with Gasteiger partial charge in [-0.2, -0.15) is 0 Å². The zero-order chi connectivity index (χ0) is 29.4. The molecular formula is C31H34F2N4O4. The van der Waals surface area contributed by atoms with Crippen molar-refractivity contribution in [2.75, 3.05) is 0 Å². The first-order chi connectivity index (χ1) is 19.4. The van der Waals surface area contributed by atoms with E-state index in [1.54, 1.807) is 39.0 Å². The lowest BCUT2D eigenvalue weighted by atomic mass is 9.70. The topological polar surface area (TPSA) is 126 Å². The number of fused-ring (bicyclic) bond motifs is 4. The molecule has 4 aromatic rings. The second-order valence-electron chi connectivity index (χ2n) is 12.0. The van der Waals surface area contributed by atoms with Crippen molar-refractivity contribution in [3.8, 4) is 5.69 Å². The van der Waals surface area contributed by atoms with Gasteiger partial charge in [0.15, 0.2) is 0 Å². The van der Waals surface area contributed by atoms with Crippen LogP contribution in [0, 0.1) is 18.7 Å². The fourth-order valence-corrected chi connectivity index (χ4v) is 6.97. The Morgan fingerprint density at radius 3 is 2.66 bits per heavy atom. The quantitative estimate of drug-likeness (QED) is 0.283. The van der Waals surface area contributed by atoms with Crippen LogP contribution in [0.25, 0.3) is 11.2 Å². The Morgan fingerprint density at radius 2 is 1.95 bits per heavy atom. The van der Waals surface area contributed by atoms with Crippen LogP contribution in [0.3, 0.4) is 0 Å². The van der Waals surface area contributed by atoms with Crippen LogP contribution >= 0.6 is 0 Å². The average Bonchev–Trinajstić information content (AvgIpc) is 3.28. The van der Waals surface area contributed by atoms with Crippen molar-refractivity contribution in [2.24, 2.45) is 11.7 Å². The summed E-state index contributed by atoms with van der Waals surface area (Å²) in [6.45, 7) is 5.33. The number of H-pyrrole nitrogens is 1. The Morgan fingerprint density at radius 1 is 1.20 bits per heavy atom. The van der Waals surface area contributed by atoms with Crippen LogP contribution < -0.4 is 17.0 Å². The molecule has 0 aliphatic heterocycles. The molecule has 1 aromatic carbocycles. The van der Waals surface area contributed by atoms with Crippen molar-refractivity contribution in [2.45, 2.75) is 76.3 Å². The zero-order valence-electron chi connectivity index (χ0n) is 23.2. The van der Waals surface area contributed by atoms with Crippen molar-refractivity contribution in [3.63, 3.8) is 0 Å². The number of aliphatic hydroxyl groups is 2. The molecule has 0 saturated heterocycles. The van der Waals surface area contributed by atoms with Gasteiger partial charge in [0.05, 0.1) is 16.8 Å². The van der Waals surface area contributed by atoms with Gasteiger partial charge >= 0.3 is 5.69 Å². The van der Waals surface area contributed by atoms with E-state index in [2.05, 4.69) is 4.98 Å². The van der Waals surface area contributed by atoms with E-state index in [9.17, 15) is 24.2 Å². The van der Waals surface area contributed by atoms with Gasteiger partial charge in [-0.3, -0.25) is 9.20 Å². The molecule has 0 saturated carbocycles. The number of benzene rings is 1. The highest BCUT2D eigenvalue weighted by Crippen LogP contribution is 2.50. The van der Waals surface area contributed by atoms with E-state index in [1.807, 2.05) is 0 Å². The standard InChI is InChI=1S/C31H34F2N4O4/c1-15-17(6-4-8-23(15)37-25(38)14-24-20(32)7-5-11-36(24)30(37)40)26-21(33)13-19(29(34)39)28-27(26)18-10-9-16(31(2,3)41)12-22(18)35-28/h4-8,11,14,16,19,21,26,29,35,39,41H,9-10,12-13,34H2,1-3H3/t16-,19?,21+,26?,29?/m0/s1. The first-order valence-corrected chi connectivity index (χ1v) is 13.9. The maximum Gasteiger partial charge on any atom is 0.340 e. The number of halogens is 2. The Balaban J connectivity index is 1.53. The number of aliphatic hydroxyl groups excluding tert-OH is 1. The fraction of sp³-hybridized carbons (Fsp3) is 0.419. The third-order valence-electron chi connectivity index (χ3n) is 9.18. The molecule has 8 nitrogen and oxygen atoms in total. The molecule has 6 rings (SSSR count). The summed E-state index contributed by atoms with van der Waals surface area (Å²) in [5.41, 5.74) is 8.31. The van der Waals surface area contributed by atoms with E-state index in [0.717, 1.165) is 38.3 Å². The van der Waals surface area contributed by atoms with Gasteiger partial charge in [-0.25, -0.2) is 18.1 Å². The molecule has 2 aliphatic rings. The number of nitrogens with one attached hydrogen (secondary N) is 1. The summed E-state index contributed by atoms with van der Waals surface area (Å²) in [6, 6.07) is 8.75. The summed E-state index contributed by atoms with van der Waals surface area (Å²) >= 11 is 0. The lowest BCUT2D eigenvalue weighted by Gasteiger charge is -2.36. The SMILES string of the molecule is Cc1c(C2c3c([nH]c4c3CC[C@H](C(C)(C)O)C4)C(C(N)O)C[C@H]2F)cccc1-n1c(=O)cc2c(F)cccn2c1=O. The number of hydrogen-bond acceptors (Lipinski definition) is 5. The Hall–Kier alpha value is -3.60. The van der Waals surface area contributed by atoms with E-state index >= 15 is 4.39 Å². The highest BCUT2D eigenvalue weighted by atomic mass is 19.1. The zero-order valence-corrected chi connectivity index (χ0v) is 23.2. The lowest BCUT2D eigenvalue weighted by molar-refractivity contribution is 0.0106. The number of aromatic nitrogens is 3. The van der Waals surface area contributed by atoms with Crippen molar-refractivity contribution < 1.29 is 19.0 Å². The monoisotopic (exact) mass is 564 g/mol. The van der Waals surface area contributed by atoms with Crippen molar-refractivity contribution in [1.82, 2.24) is 14.0 Å². The number of aromatic amines is 1. The van der Waals surface area contributed by atoms with Gasteiger partial charge in [-0.1, -0.05) is 12.1 Å². The maximum atomic E-state index is 16.3. The van der Waals surface area contributed by atoms with Gasteiger partial charge < -0.3 is 20.9 Å². The van der Waals surface area contributed by atoms with E-state index in [4.69, 9.17) is 5.73 Å². The van der Waals surface area contributed by atoms with Crippen LogP contribution in [0.1, 0.15) is 72.2 Å². The summed E-state index contributed by atoms with van der Waals surface area (Å²) in [7, 11) is 0. The molecule has 3 aromatic heterocycles. The normalized spacial score (nSPS) is 23.3. The predicted octanol–water partition coefficient (Wildman–Crippen LogP) is 3.34. The minimum atomic E-state index is -1.39. The minimum Gasteiger partial charge on any atom is -0.390 e. The van der Waals surface area contributed by atoms with Crippen LogP contribution in [0.15, 0.2) is 52.2 Å². The van der Waals surface area contributed by atoms with E-state index < -0.39 is 46.9 Å². The van der Waals surface area contributed by atoms with Crippen molar-refractivity contribution >= 4 is 5.52 Å². The van der Waals surface area contributed by atoms with E-state index in [-0.39, 0.29) is 23.5 Å². The Labute approximate surface area is 235 Å². The summed E-state index contributed by atoms with van der Waals surface area (Å²) < 4.78 is 32.7. The molecule has 2 aliphatic carbocycles. The van der Waals surface area contributed by atoms with Gasteiger partial charge in [0.1, 0.15) is 18.2 Å². The molecule has 3 heterocycles. The smallest absolute Gasteiger partial charge is 0.340 e. The molecule has 0 radical (unpaired) electrons. The highest BCUT2D eigenvalue weighted by molar-refractivity contribution is 5.56. The number of hydrogen-bond donors (Lipinski definition) is 4. The molecule has 10 heteroatoms. The van der Waals surface area contributed by atoms with Crippen molar-refractivity contribution in [3.05, 3.63) is 103 Å². The minimum absolute atomic E-state index is 0.00876. The Bertz CT molecular complexity index is 1780. The first kappa shape index (κ1) is 27.6. The average molecular weight is 565 g/mol. The number of nitrogens with two attached hydrogens (primary N) is 1. The largest absolute Gasteiger partial charge is 0.390 e. The first-order valence-electron chi connectivity index (χ1n) is 13.9. The molecular weight excluding hydrogens is 530 g/mol. The van der Waals surface area contributed by atoms with Crippen LogP contribution in [-0.2, 0) is 12.8 Å². The van der Waals surface area contributed by atoms with Gasteiger partial charge in [0.25, 0.3) is 5.56 Å². The van der Waals surface area contributed by atoms with Crippen LogP contribution in [0.2, 0.25) is 0 Å². The summed E-state index contributed by atoms with van der Waals surface area (Å²) in [6.07, 6.45) is 0.665. The number of alkyl halides is 1. The molecule has 0 fully saturated rings. The van der Waals surface area contributed by atoms with Crippen LogP contribution in [-0.4, -0.2) is 42.2 Å². The number of rotatable bonds is 4. The maximum absolute atomic E-state index is 16.3. The molecule has 0 bridgehead atoms. The van der Waals surface area contributed by atoms with Crippen LogP contribution in [0.4, 0.5) is 8.78 Å². The molecule has 0 spiro atoms. The molecule has 3 unspecified atom stereocenters. The molecule has 5 atom stereocenters. The Kier molecular flexibility index (Phi) is 6.55. The molecule has 0 amide bonds. The van der Waals surface area contributed by atoms with Gasteiger partial charge in [0.2, 0.25) is 0 Å². The molecule has 5 N–H and O–H groups in total. The van der Waals surface area contributed by atoms with E-state index in [0.29, 0.717) is 29.7 Å². The molecule has 41 heavy (non-hydrogen) atoms. The fourth-order valence-electron chi connectivity index (χ4n) is 6.97. The molecule has 216 valence electrons. The lowest BCUT2D eigenvalue weighted by Crippen LogP contribution is -2.38. The summed E-state index contributed by atoms with van der Waals surface area (Å²) in [5, 5.41) is 21.1. The predicted molar refractivity (Wildman–Crippen MR) is 151 cm³/mol. The summed E-state index contributed by atoms with van der Waals surface area (Å²) in [4.78, 5) is 30.0. The second kappa shape index (κ2) is 9.75.